The monoisotopic (exact) mass is 318 g/mol. The Bertz CT molecular complexity index is 425. The molecule has 0 bridgehead atoms. The fourth-order valence-corrected chi connectivity index (χ4v) is 2.29. The number of hydrogen-bond donors (Lipinski definition) is 1. The standard InChI is InChI=1S/C13H22N2O5S/c1-10-12(21-11(9-14)15-10)13(16)20-8-7-19-6-5-18-4-3-17-2/h3-9,14H2,1-2H3. The molecule has 1 aromatic heterocycles. The first-order valence-electron chi connectivity index (χ1n) is 6.67. The van der Waals surface area contributed by atoms with Gasteiger partial charge in [0.15, 0.2) is 0 Å². The first-order valence-corrected chi connectivity index (χ1v) is 7.48. The second-order valence-corrected chi connectivity index (χ2v) is 5.16. The highest BCUT2D eigenvalue weighted by atomic mass is 32.1. The van der Waals surface area contributed by atoms with E-state index in [1.165, 1.54) is 11.3 Å². The molecule has 0 spiro atoms. The van der Waals surface area contributed by atoms with Crippen molar-refractivity contribution in [3.8, 4) is 0 Å². The molecule has 1 heterocycles. The molecule has 0 unspecified atom stereocenters. The van der Waals surface area contributed by atoms with Crippen LogP contribution in [0.4, 0.5) is 0 Å². The molecule has 120 valence electrons. The van der Waals surface area contributed by atoms with Gasteiger partial charge in [-0.1, -0.05) is 0 Å². The van der Waals surface area contributed by atoms with E-state index in [1.54, 1.807) is 14.0 Å². The summed E-state index contributed by atoms with van der Waals surface area (Å²) < 4.78 is 20.5. The molecule has 2 N–H and O–H groups in total. The normalized spacial score (nSPS) is 10.8. The van der Waals surface area contributed by atoms with Gasteiger partial charge in [-0.05, 0) is 6.92 Å². The first kappa shape index (κ1) is 18.0. The summed E-state index contributed by atoms with van der Waals surface area (Å²) in [6.07, 6.45) is 0. The van der Waals surface area contributed by atoms with E-state index in [-0.39, 0.29) is 12.6 Å². The average molecular weight is 318 g/mol. The largest absolute Gasteiger partial charge is 0.459 e. The molecule has 0 amide bonds. The second-order valence-electron chi connectivity index (χ2n) is 4.08. The van der Waals surface area contributed by atoms with Gasteiger partial charge in [0.25, 0.3) is 0 Å². The van der Waals surface area contributed by atoms with Crippen molar-refractivity contribution in [3.05, 3.63) is 15.6 Å². The van der Waals surface area contributed by atoms with Crippen LogP contribution in [0.2, 0.25) is 0 Å². The molecule has 0 aliphatic heterocycles. The molecule has 0 saturated heterocycles. The number of nitrogens with zero attached hydrogens (tertiary/aromatic N) is 1. The van der Waals surface area contributed by atoms with E-state index in [9.17, 15) is 4.79 Å². The van der Waals surface area contributed by atoms with Crippen LogP contribution < -0.4 is 5.73 Å². The van der Waals surface area contributed by atoms with Gasteiger partial charge in [-0.15, -0.1) is 11.3 Å². The van der Waals surface area contributed by atoms with Crippen molar-refractivity contribution >= 4 is 17.3 Å². The van der Waals surface area contributed by atoms with Gasteiger partial charge in [0.05, 0.1) is 38.7 Å². The summed E-state index contributed by atoms with van der Waals surface area (Å²) in [6, 6.07) is 0. The zero-order valence-corrected chi connectivity index (χ0v) is 13.2. The number of methoxy groups -OCH3 is 1. The highest BCUT2D eigenvalue weighted by Crippen LogP contribution is 2.18. The van der Waals surface area contributed by atoms with Crippen LogP contribution in [0.15, 0.2) is 0 Å². The Balaban J connectivity index is 2.09. The molecule has 0 aliphatic carbocycles. The van der Waals surface area contributed by atoms with E-state index in [1.807, 2.05) is 0 Å². The minimum absolute atomic E-state index is 0.201. The molecule has 1 rings (SSSR count). The van der Waals surface area contributed by atoms with E-state index in [0.717, 1.165) is 5.01 Å². The Morgan fingerprint density at radius 1 is 1.14 bits per heavy atom. The quantitative estimate of drug-likeness (QED) is 0.475. The summed E-state index contributed by atoms with van der Waals surface area (Å²) in [4.78, 5) is 16.5. The number of hydrogen-bond acceptors (Lipinski definition) is 8. The van der Waals surface area contributed by atoms with Crippen molar-refractivity contribution < 1.29 is 23.7 Å². The molecule has 8 heteroatoms. The average Bonchev–Trinajstić information content (AvgIpc) is 2.86. The molecular formula is C13H22N2O5S. The van der Waals surface area contributed by atoms with Crippen LogP contribution in [0.3, 0.4) is 0 Å². The van der Waals surface area contributed by atoms with E-state index in [0.29, 0.717) is 50.2 Å². The number of thiazole rings is 1. The summed E-state index contributed by atoms with van der Waals surface area (Å²) >= 11 is 1.26. The predicted molar refractivity (Wildman–Crippen MR) is 78.5 cm³/mol. The Labute approximate surface area is 128 Å². The highest BCUT2D eigenvalue weighted by molar-refractivity contribution is 7.13. The summed E-state index contributed by atoms with van der Waals surface area (Å²) in [5.41, 5.74) is 6.14. The Kier molecular flexibility index (Phi) is 9.11. The molecule has 1 aromatic rings. The van der Waals surface area contributed by atoms with Gasteiger partial charge < -0.3 is 24.7 Å². The smallest absolute Gasteiger partial charge is 0.350 e. The number of ether oxygens (including phenoxy) is 4. The van der Waals surface area contributed by atoms with Gasteiger partial charge in [-0.25, -0.2) is 9.78 Å². The Morgan fingerprint density at radius 2 is 1.76 bits per heavy atom. The molecular weight excluding hydrogens is 296 g/mol. The third kappa shape index (κ3) is 6.96. The minimum atomic E-state index is -0.385. The predicted octanol–water partition coefficient (Wildman–Crippen LogP) is 0.747. The van der Waals surface area contributed by atoms with Crippen molar-refractivity contribution in [1.82, 2.24) is 4.98 Å². The number of aryl methyl sites for hydroxylation is 1. The van der Waals surface area contributed by atoms with Crippen molar-refractivity contribution in [2.24, 2.45) is 5.73 Å². The molecule has 0 saturated carbocycles. The lowest BCUT2D eigenvalue weighted by Gasteiger charge is -2.06. The number of aromatic nitrogens is 1. The van der Waals surface area contributed by atoms with Crippen molar-refractivity contribution in [1.29, 1.82) is 0 Å². The lowest BCUT2D eigenvalue weighted by atomic mass is 10.4. The fourth-order valence-electron chi connectivity index (χ4n) is 1.45. The van der Waals surface area contributed by atoms with Gasteiger partial charge >= 0.3 is 5.97 Å². The summed E-state index contributed by atoms with van der Waals surface area (Å²) in [5, 5.41) is 0.726. The highest BCUT2D eigenvalue weighted by Gasteiger charge is 2.15. The van der Waals surface area contributed by atoms with Gasteiger partial charge in [-0.3, -0.25) is 0 Å². The molecule has 0 fully saturated rings. The summed E-state index contributed by atoms with van der Waals surface area (Å²) in [7, 11) is 1.62. The SMILES string of the molecule is COCCOCCOCCOC(=O)c1sc(CN)nc1C. The van der Waals surface area contributed by atoms with Gasteiger partial charge in [0.2, 0.25) is 0 Å². The molecule has 21 heavy (non-hydrogen) atoms. The number of rotatable bonds is 11. The molecule has 0 atom stereocenters. The number of carbonyl (C=O) groups is 1. The van der Waals surface area contributed by atoms with Crippen LogP contribution in [0.25, 0.3) is 0 Å². The van der Waals surface area contributed by atoms with E-state index in [2.05, 4.69) is 4.98 Å². The minimum Gasteiger partial charge on any atom is -0.459 e. The lowest BCUT2D eigenvalue weighted by Crippen LogP contribution is -2.13. The topological polar surface area (TPSA) is 92.9 Å². The van der Waals surface area contributed by atoms with Crippen LogP contribution in [0.1, 0.15) is 20.4 Å². The van der Waals surface area contributed by atoms with E-state index < -0.39 is 0 Å². The van der Waals surface area contributed by atoms with Crippen LogP contribution in [-0.4, -0.2) is 57.7 Å². The van der Waals surface area contributed by atoms with Gasteiger partial charge in [0, 0.05) is 13.7 Å². The maximum atomic E-state index is 11.8. The Hall–Kier alpha value is -1.06. The molecule has 0 aromatic carbocycles. The first-order chi connectivity index (χ1) is 10.2. The van der Waals surface area contributed by atoms with Crippen LogP contribution in [0.5, 0.6) is 0 Å². The van der Waals surface area contributed by atoms with Crippen molar-refractivity contribution in [2.45, 2.75) is 13.5 Å². The zero-order chi connectivity index (χ0) is 15.5. The van der Waals surface area contributed by atoms with E-state index in [4.69, 9.17) is 24.7 Å². The van der Waals surface area contributed by atoms with Crippen LogP contribution in [-0.2, 0) is 25.5 Å². The van der Waals surface area contributed by atoms with Crippen molar-refractivity contribution in [2.75, 3.05) is 46.8 Å². The number of esters is 1. The lowest BCUT2D eigenvalue weighted by molar-refractivity contribution is 0.00585. The fraction of sp³-hybridized carbons (Fsp3) is 0.692. The maximum absolute atomic E-state index is 11.8. The summed E-state index contributed by atoms with van der Waals surface area (Å²) in [5.74, 6) is -0.385. The molecule has 7 nitrogen and oxygen atoms in total. The third-order valence-electron chi connectivity index (χ3n) is 2.47. The third-order valence-corrected chi connectivity index (χ3v) is 3.63. The molecule has 0 radical (unpaired) electrons. The zero-order valence-electron chi connectivity index (χ0n) is 12.4. The Morgan fingerprint density at radius 3 is 2.33 bits per heavy atom. The summed E-state index contributed by atoms with van der Waals surface area (Å²) in [6.45, 7) is 4.68. The van der Waals surface area contributed by atoms with Crippen LogP contribution in [0, 0.1) is 6.92 Å². The van der Waals surface area contributed by atoms with Gasteiger partial charge in [0.1, 0.15) is 16.5 Å². The maximum Gasteiger partial charge on any atom is 0.350 e. The van der Waals surface area contributed by atoms with Crippen molar-refractivity contribution in [3.63, 3.8) is 0 Å². The van der Waals surface area contributed by atoms with Gasteiger partial charge in [-0.2, -0.15) is 0 Å². The van der Waals surface area contributed by atoms with Crippen LogP contribution >= 0.6 is 11.3 Å². The molecule has 0 aliphatic rings. The van der Waals surface area contributed by atoms with E-state index >= 15 is 0 Å². The number of nitrogens with two attached hydrogens (primary N) is 1. The number of carbonyl (C=O) groups excluding carboxylic acids is 1. The second kappa shape index (κ2) is 10.6.